The lowest BCUT2D eigenvalue weighted by Gasteiger charge is -2.08. The average molecular weight is 155 g/mol. The first kappa shape index (κ1) is 9.63. The van der Waals surface area contributed by atoms with E-state index in [0.29, 0.717) is 6.29 Å². The SMILES string of the molecule is CC(CC=O)C(C#N)C(=O)O. The van der Waals surface area contributed by atoms with Crippen molar-refractivity contribution in [2.24, 2.45) is 11.8 Å². The topological polar surface area (TPSA) is 78.2 Å². The molecule has 0 radical (unpaired) electrons. The number of aliphatic carboxylic acids is 1. The van der Waals surface area contributed by atoms with E-state index in [1.165, 1.54) is 0 Å². The number of rotatable bonds is 4. The highest BCUT2D eigenvalue weighted by Crippen LogP contribution is 2.13. The van der Waals surface area contributed by atoms with Gasteiger partial charge >= 0.3 is 5.97 Å². The maximum atomic E-state index is 10.3. The zero-order chi connectivity index (χ0) is 8.85. The van der Waals surface area contributed by atoms with Crippen LogP contribution in [0.4, 0.5) is 0 Å². The molecule has 0 fully saturated rings. The second kappa shape index (κ2) is 4.45. The monoisotopic (exact) mass is 155 g/mol. The lowest BCUT2D eigenvalue weighted by Crippen LogP contribution is -2.19. The standard InChI is InChI=1S/C7H9NO3/c1-5(2-3-9)6(4-8)7(10)11/h3,5-6H,2H2,1H3,(H,10,11). The predicted octanol–water partition coefficient (Wildman–Crippen LogP) is 0.436. The summed E-state index contributed by atoms with van der Waals surface area (Å²) in [6, 6.07) is 1.63. The van der Waals surface area contributed by atoms with Gasteiger partial charge in [0.1, 0.15) is 12.2 Å². The summed E-state index contributed by atoms with van der Waals surface area (Å²) in [7, 11) is 0. The molecule has 0 spiro atoms. The van der Waals surface area contributed by atoms with Crippen LogP contribution in [0.3, 0.4) is 0 Å². The molecule has 4 nitrogen and oxygen atoms in total. The molecule has 11 heavy (non-hydrogen) atoms. The normalized spacial score (nSPS) is 14.5. The Hall–Kier alpha value is -1.37. The predicted molar refractivity (Wildman–Crippen MR) is 36.6 cm³/mol. The Morgan fingerprint density at radius 2 is 2.36 bits per heavy atom. The van der Waals surface area contributed by atoms with Crippen LogP contribution in [-0.4, -0.2) is 17.4 Å². The zero-order valence-electron chi connectivity index (χ0n) is 6.15. The van der Waals surface area contributed by atoms with Gasteiger partial charge in [0, 0.05) is 6.42 Å². The van der Waals surface area contributed by atoms with E-state index in [1.54, 1.807) is 13.0 Å². The molecule has 0 aromatic heterocycles. The Morgan fingerprint density at radius 3 is 2.64 bits per heavy atom. The Kier molecular flexibility index (Phi) is 3.89. The molecule has 0 aliphatic rings. The smallest absolute Gasteiger partial charge is 0.321 e. The summed E-state index contributed by atoms with van der Waals surface area (Å²) in [4.78, 5) is 20.3. The van der Waals surface area contributed by atoms with Gasteiger partial charge in [-0.15, -0.1) is 0 Å². The van der Waals surface area contributed by atoms with Gasteiger partial charge in [-0.1, -0.05) is 6.92 Å². The van der Waals surface area contributed by atoms with Gasteiger partial charge in [-0.25, -0.2) is 0 Å². The van der Waals surface area contributed by atoms with Gasteiger partial charge in [0.15, 0.2) is 0 Å². The van der Waals surface area contributed by atoms with Crippen molar-refractivity contribution < 1.29 is 14.7 Å². The van der Waals surface area contributed by atoms with Crippen LogP contribution in [0, 0.1) is 23.2 Å². The van der Waals surface area contributed by atoms with Gasteiger partial charge in [-0.3, -0.25) is 4.79 Å². The number of nitrogens with zero attached hydrogens (tertiary/aromatic N) is 1. The van der Waals surface area contributed by atoms with E-state index in [4.69, 9.17) is 10.4 Å². The Bertz CT molecular complexity index is 194. The summed E-state index contributed by atoms with van der Waals surface area (Å²) in [5.41, 5.74) is 0. The lowest BCUT2D eigenvalue weighted by atomic mass is 9.93. The second-order valence-corrected chi connectivity index (χ2v) is 2.32. The first-order chi connectivity index (χ1) is 5.13. The van der Waals surface area contributed by atoms with Crippen molar-refractivity contribution >= 4 is 12.3 Å². The van der Waals surface area contributed by atoms with Crippen LogP contribution in [0.5, 0.6) is 0 Å². The van der Waals surface area contributed by atoms with Crippen molar-refractivity contribution in [3.63, 3.8) is 0 Å². The second-order valence-electron chi connectivity index (χ2n) is 2.32. The lowest BCUT2D eigenvalue weighted by molar-refractivity contribution is -0.141. The molecule has 0 aliphatic heterocycles. The quantitative estimate of drug-likeness (QED) is 0.597. The number of hydrogen-bond acceptors (Lipinski definition) is 3. The number of carbonyl (C=O) groups excluding carboxylic acids is 1. The highest BCUT2D eigenvalue weighted by molar-refractivity contribution is 5.73. The van der Waals surface area contributed by atoms with E-state index in [0.717, 1.165) is 0 Å². The van der Waals surface area contributed by atoms with Crippen LogP contribution in [0.15, 0.2) is 0 Å². The summed E-state index contributed by atoms with van der Waals surface area (Å²) < 4.78 is 0. The molecule has 0 heterocycles. The molecule has 0 aliphatic carbocycles. The van der Waals surface area contributed by atoms with Gasteiger partial charge < -0.3 is 9.90 Å². The molecular weight excluding hydrogens is 146 g/mol. The minimum atomic E-state index is -1.16. The number of nitriles is 1. The Labute approximate surface area is 64.4 Å². The molecule has 0 aromatic carbocycles. The summed E-state index contributed by atoms with van der Waals surface area (Å²) in [5.74, 6) is -2.64. The molecule has 2 atom stereocenters. The first-order valence-electron chi connectivity index (χ1n) is 3.19. The van der Waals surface area contributed by atoms with Crippen molar-refractivity contribution in [1.82, 2.24) is 0 Å². The highest BCUT2D eigenvalue weighted by Gasteiger charge is 2.23. The summed E-state index contributed by atoms with van der Waals surface area (Å²) in [5, 5.41) is 16.8. The van der Waals surface area contributed by atoms with Crippen molar-refractivity contribution in [2.45, 2.75) is 13.3 Å². The minimum absolute atomic E-state index is 0.116. The van der Waals surface area contributed by atoms with Crippen molar-refractivity contribution in [2.75, 3.05) is 0 Å². The minimum Gasteiger partial charge on any atom is -0.480 e. The van der Waals surface area contributed by atoms with Crippen LogP contribution in [0.25, 0.3) is 0 Å². The molecule has 0 bridgehead atoms. The molecule has 0 saturated carbocycles. The van der Waals surface area contributed by atoms with Crippen molar-refractivity contribution in [1.29, 1.82) is 5.26 Å². The third-order valence-corrected chi connectivity index (χ3v) is 1.44. The first-order valence-corrected chi connectivity index (χ1v) is 3.19. The highest BCUT2D eigenvalue weighted by atomic mass is 16.4. The van der Waals surface area contributed by atoms with Crippen molar-refractivity contribution in [3.8, 4) is 6.07 Å². The third kappa shape index (κ3) is 2.80. The van der Waals surface area contributed by atoms with Crippen LogP contribution in [0.1, 0.15) is 13.3 Å². The molecular formula is C7H9NO3. The van der Waals surface area contributed by atoms with Crippen LogP contribution in [0.2, 0.25) is 0 Å². The average Bonchev–Trinajstić information content (AvgIpc) is 1.88. The molecule has 1 N–H and O–H groups in total. The summed E-state index contributed by atoms with van der Waals surface area (Å²) in [6.07, 6.45) is 0.739. The number of carboxylic acid groups (broad SMARTS) is 1. The fraction of sp³-hybridized carbons (Fsp3) is 0.571. The Balaban J connectivity index is 4.16. The molecule has 60 valence electrons. The molecule has 0 aromatic rings. The van der Waals surface area contributed by atoms with E-state index in [9.17, 15) is 9.59 Å². The maximum Gasteiger partial charge on any atom is 0.321 e. The van der Waals surface area contributed by atoms with Crippen LogP contribution in [-0.2, 0) is 9.59 Å². The van der Waals surface area contributed by atoms with Crippen molar-refractivity contribution in [3.05, 3.63) is 0 Å². The fourth-order valence-corrected chi connectivity index (χ4v) is 0.714. The van der Waals surface area contributed by atoms with Crippen LogP contribution >= 0.6 is 0 Å². The van der Waals surface area contributed by atoms with E-state index < -0.39 is 17.8 Å². The van der Waals surface area contributed by atoms with E-state index in [2.05, 4.69) is 0 Å². The van der Waals surface area contributed by atoms with Gasteiger partial charge in [0.2, 0.25) is 0 Å². The molecule has 2 unspecified atom stereocenters. The third-order valence-electron chi connectivity index (χ3n) is 1.44. The fourth-order valence-electron chi connectivity index (χ4n) is 0.714. The summed E-state index contributed by atoms with van der Waals surface area (Å²) >= 11 is 0. The molecule has 0 amide bonds. The van der Waals surface area contributed by atoms with Gasteiger partial charge in [-0.05, 0) is 5.92 Å². The molecule has 0 rings (SSSR count). The van der Waals surface area contributed by atoms with E-state index in [-0.39, 0.29) is 6.42 Å². The number of aldehydes is 1. The van der Waals surface area contributed by atoms with Gasteiger partial charge in [0.25, 0.3) is 0 Å². The molecule has 0 saturated heterocycles. The zero-order valence-corrected chi connectivity index (χ0v) is 6.15. The Morgan fingerprint density at radius 1 is 1.82 bits per heavy atom. The van der Waals surface area contributed by atoms with Gasteiger partial charge in [-0.2, -0.15) is 5.26 Å². The largest absolute Gasteiger partial charge is 0.480 e. The van der Waals surface area contributed by atoms with Gasteiger partial charge in [0.05, 0.1) is 6.07 Å². The van der Waals surface area contributed by atoms with E-state index in [1.807, 2.05) is 0 Å². The van der Waals surface area contributed by atoms with E-state index >= 15 is 0 Å². The summed E-state index contributed by atoms with van der Waals surface area (Å²) in [6.45, 7) is 1.57. The number of carbonyl (C=O) groups is 2. The number of hydrogen-bond donors (Lipinski definition) is 1. The number of carboxylic acids is 1. The molecule has 4 heteroatoms. The maximum absolute atomic E-state index is 10.3. The van der Waals surface area contributed by atoms with Crippen LogP contribution < -0.4 is 0 Å².